The monoisotopic (exact) mass is 435 g/mol. The number of halogens is 1. The molecule has 3 aromatic heterocycles. The maximum atomic E-state index is 14.1. The highest BCUT2D eigenvalue weighted by molar-refractivity contribution is 7.16. The predicted octanol–water partition coefficient (Wildman–Crippen LogP) is 6.20. The number of pyridine rings is 1. The van der Waals surface area contributed by atoms with Crippen LogP contribution in [0.3, 0.4) is 0 Å². The first-order chi connectivity index (χ1) is 15.0. The molecule has 1 amide bonds. The number of amides is 1. The summed E-state index contributed by atoms with van der Waals surface area (Å²) >= 11 is 1.50. The van der Waals surface area contributed by atoms with Gasteiger partial charge >= 0.3 is 0 Å². The number of aryl methyl sites for hydroxylation is 2. The lowest BCUT2D eigenvalue weighted by Crippen LogP contribution is -2.17. The lowest BCUT2D eigenvalue weighted by atomic mass is 9.99. The Kier molecular flexibility index (Phi) is 6.13. The first-order valence-electron chi connectivity index (χ1n) is 9.96. The SMILES string of the molecule is CCc1cc([C@@H](Nc2cccc(C)n2)c2cccc(F)c2)c(NC(=O)c2ccco2)s1. The van der Waals surface area contributed by atoms with Gasteiger partial charge in [-0.1, -0.05) is 25.1 Å². The molecular formula is C24H22FN3O2S. The van der Waals surface area contributed by atoms with Crippen LogP contribution in [0.4, 0.5) is 15.2 Å². The van der Waals surface area contributed by atoms with Crippen molar-refractivity contribution in [3.63, 3.8) is 0 Å². The molecule has 4 rings (SSSR count). The van der Waals surface area contributed by atoms with Crippen molar-refractivity contribution in [3.05, 3.63) is 100 Å². The largest absolute Gasteiger partial charge is 0.459 e. The van der Waals surface area contributed by atoms with Crippen LogP contribution in [-0.4, -0.2) is 10.9 Å². The summed E-state index contributed by atoms with van der Waals surface area (Å²) in [6.07, 6.45) is 2.27. The van der Waals surface area contributed by atoms with Gasteiger partial charge < -0.3 is 15.1 Å². The van der Waals surface area contributed by atoms with E-state index in [0.29, 0.717) is 10.8 Å². The van der Waals surface area contributed by atoms with Gasteiger partial charge in [-0.05, 0) is 61.4 Å². The van der Waals surface area contributed by atoms with Crippen LogP contribution in [0.15, 0.2) is 71.3 Å². The maximum absolute atomic E-state index is 14.1. The van der Waals surface area contributed by atoms with Crippen LogP contribution >= 0.6 is 11.3 Å². The average molecular weight is 436 g/mol. The van der Waals surface area contributed by atoms with E-state index in [9.17, 15) is 9.18 Å². The summed E-state index contributed by atoms with van der Waals surface area (Å²) in [5, 5.41) is 7.07. The summed E-state index contributed by atoms with van der Waals surface area (Å²) in [5.74, 6) is 0.242. The van der Waals surface area contributed by atoms with Crippen LogP contribution in [0.25, 0.3) is 0 Å². The number of thiophene rings is 1. The van der Waals surface area contributed by atoms with Crippen molar-refractivity contribution in [2.24, 2.45) is 0 Å². The molecule has 5 nitrogen and oxygen atoms in total. The van der Waals surface area contributed by atoms with Gasteiger partial charge in [0.15, 0.2) is 5.76 Å². The number of rotatable bonds is 7. The quantitative estimate of drug-likeness (QED) is 0.363. The van der Waals surface area contributed by atoms with Gasteiger partial charge in [-0.25, -0.2) is 9.37 Å². The Morgan fingerprint density at radius 2 is 2.00 bits per heavy atom. The highest BCUT2D eigenvalue weighted by Gasteiger charge is 2.23. The van der Waals surface area contributed by atoms with Gasteiger partial charge in [0.1, 0.15) is 16.6 Å². The average Bonchev–Trinajstić information content (AvgIpc) is 3.42. The fraction of sp³-hybridized carbons (Fsp3) is 0.167. The number of nitrogens with one attached hydrogen (secondary N) is 2. The van der Waals surface area contributed by atoms with Crippen molar-refractivity contribution < 1.29 is 13.6 Å². The number of carbonyl (C=O) groups excluding carboxylic acids is 1. The third-order valence-electron chi connectivity index (χ3n) is 4.81. The van der Waals surface area contributed by atoms with Crippen LogP contribution in [0, 0.1) is 12.7 Å². The molecule has 2 N–H and O–H groups in total. The van der Waals surface area contributed by atoms with Crippen LogP contribution in [0.1, 0.15) is 45.2 Å². The van der Waals surface area contributed by atoms with Gasteiger partial charge in [-0.2, -0.15) is 0 Å². The van der Waals surface area contributed by atoms with E-state index in [0.717, 1.165) is 28.1 Å². The smallest absolute Gasteiger partial charge is 0.291 e. The molecule has 0 aliphatic carbocycles. The van der Waals surface area contributed by atoms with Crippen molar-refractivity contribution in [1.82, 2.24) is 4.98 Å². The number of anilines is 2. The lowest BCUT2D eigenvalue weighted by Gasteiger charge is -2.21. The number of carbonyl (C=O) groups is 1. The molecule has 0 fully saturated rings. The number of nitrogens with zero attached hydrogens (tertiary/aromatic N) is 1. The van der Waals surface area contributed by atoms with E-state index in [1.54, 1.807) is 18.2 Å². The summed E-state index contributed by atoms with van der Waals surface area (Å²) in [6.45, 7) is 3.97. The van der Waals surface area contributed by atoms with Crippen molar-refractivity contribution in [2.45, 2.75) is 26.3 Å². The minimum atomic E-state index is -0.409. The van der Waals surface area contributed by atoms with E-state index >= 15 is 0 Å². The molecule has 7 heteroatoms. The first kappa shape index (κ1) is 20.8. The summed E-state index contributed by atoms with van der Waals surface area (Å²) in [5.41, 5.74) is 2.45. The second-order valence-corrected chi connectivity index (χ2v) is 8.22. The molecule has 0 unspecified atom stereocenters. The molecule has 1 aromatic carbocycles. The van der Waals surface area contributed by atoms with E-state index in [1.165, 1.54) is 29.7 Å². The van der Waals surface area contributed by atoms with Crippen molar-refractivity contribution in [3.8, 4) is 0 Å². The molecule has 0 saturated carbocycles. The zero-order valence-corrected chi connectivity index (χ0v) is 18.0. The molecular weight excluding hydrogens is 413 g/mol. The Bertz CT molecular complexity index is 1190. The number of hydrogen-bond acceptors (Lipinski definition) is 5. The second kappa shape index (κ2) is 9.14. The second-order valence-electron chi connectivity index (χ2n) is 7.08. The normalized spacial score (nSPS) is 11.8. The summed E-state index contributed by atoms with van der Waals surface area (Å²) in [6, 6.07) is 17.1. The zero-order chi connectivity index (χ0) is 21.8. The van der Waals surface area contributed by atoms with Gasteiger partial charge in [-0.15, -0.1) is 11.3 Å². The third-order valence-corrected chi connectivity index (χ3v) is 6.02. The Labute approximate surface area is 184 Å². The minimum absolute atomic E-state index is 0.230. The molecule has 0 spiro atoms. The van der Waals surface area contributed by atoms with Gasteiger partial charge in [0.2, 0.25) is 0 Å². The summed E-state index contributed by atoms with van der Waals surface area (Å²) < 4.78 is 19.3. The van der Waals surface area contributed by atoms with E-state index in [-0.39, 0.29) is 17.5 Å². The van der Waals surface area contributed by atoms with E-state index in [1.807, 2.05) is 37.3 Å². The van der Waals surface area contributed by atoms with E-state index in [4.69, 9.17) is 4.42 Å². The van der Waals surface area contributed by atoms with Gasteiger partial charge in [0, 0.05) is 16.1 Å². The minimum Gasteiger partial charge on any atom is -0.459 e. The Hall–Kier alpha value is -3.45. The zero-order valence-electron chi connectivity index (χ0n) is 17.2. The Morgan fingerprint density at radius 1 is 1.16 bits per heavy atom. The molecule has 158 valence electrons. The Morgan fingerprint density at radius 3 is 2.71 bits per heavy atom. The number of hydrogen-bond donors (Lipinski definition) is 2. The lowest BCUT2D eigenvalue weighted by molar-refractivity contribution is 0.0997. The van der Waals surface area contributed by atoms with Gasteiger partial charge in [0.05, 0.1) is 12.3 Å². The topological polar surface area (TPSA) is 67.2 Å². The highest BCUT2D eigenvalue weighted by atomic mass is 32.1. The van der Waals surface area contributed by atoms with E-state index in [2.05, 4.69) is 22.5 Å². The first-order valence-corrected chi connectivity index (χ1v) is 10.8. The fourth-order valence-corrected chi connectivity index (χ4v) is 4.35. The predicted molar refractivity (Wildman–Crippen MR) is 121 cm³/mol. The maximum Gasteiger partial charge on any atom is 0.291 e. The summed E-state index contributed by atoms with van der Waals surface area (Å²) in [7, 11) is 0. The molecule has 0 aliphatic rings. The Balaban J connectivity index is 1.76. The van der Waals surface area contributed by atoms with Crippen molar-refractivity contribution >= 4 is 28.1 Å². The number of aromatic nitrogens is 1. The standard InChI is InChI=1S/C24H22FN3O2S/c1-3-18-14-19(24(31-18)28-23(29)20-10-6-12-30-20)22(16-8-5-9-17(25)13-16)27-21-11-4-7-15(2)26-21/h4-14,22H,3H2,1-2H3,(H,26,27)(H,28,29)/t22-/m0/s1. The third kappa shape index (κ3) is 4.83. The molecule has 1 atom stereocenters. The van der Waals surface area contributed by atoms with Crippen LogP contribution < -0.4 is 10.6 Å². The van der Waals surface area contributed by atoms with Gasteiger partial charge in [0.25, 0.3) is 5.91 Å². The number of benzene rings is 1. The fourth-order valence-electron chi connectivity index (χ4n) is 3.32. The summed E-state index contributed by atoms with van der Waals surface area (Å²) in [4.78, 5) is 18.3. The molecule has 0 radical (unpaired) electrons. The molecule has 4 aromatic rings. The van der Waals surface area contributed by atoms with Crippen LogP contribution in [-0.2, 0) is 6.42 Å². The molecule has 0 aliphatic heterocycles. The molecule has 0 bridgehead atoms. The molecule has 31 heavy (non-hydrogen) atoms. The van der Waals surface area contributed by atoms with Gasteiger partial charge in [-0.3, -0.25) is 4.79 Å². The molecule has 0 saturated heterocycles. The van der Waals surface area contributed by atoms with Crippen molar-refractivity contribution in [1.29, 1.82) is 0 Å². The van der Waals surface area contributed by atoms with E-state index < -0.39 is 6.04 Å². The molecule has 3 heterocycles. The van der Waals surface area contributed by atoms with Crippen molar-refractivity contribution in [2.75, 3.05) is 10.6 Å². The number of furan rings is 1. The van der Waals surface area contributed by atoms with Crippen LogP contribution in [0.5, 0.6) is 0 Å². The van der Waals surface area contributed by atoms with Crippen LogP contribution in [0.2, 0.25) is 0 Å². The highest BCUT2D eigenvalue weighted by Crippen LogP contribution is 2.38.